The van der Waals surface area contributed by atoms with Gasteiger partial charge in [-0.2, -0.15) is 0 Å². The van der Waals surface area contributed by atoms with E-state index >= 15 is 0 Å². The van der Waals surface area contributed by atoms with Crippen molar-refractivity contribution in [1.29, 1.82) is 0 Å². The Morgan fingerprint density at radius 2 is 0.824 bits per heavy atom. The zero-order chi connectivity index (χ0) is 54.2. The summed E-state index contributed by atoms with van der Waals surface area (Å²) in [4.78, 5) is 25.5. The number of amides is 1. The number of carbonyl (C=O) groups is 1. The molecule has 0 bridgehead atoms. The first-order valence-corrected chi connectivity index (χ1v) is 31.0. The molecular formula is C65H111N2O6P. The lowest BCUT2D eigenvalue weighted by molar-refractivity contribution is -0.870. The van der Waals surface area contributed by atoms with E-state index in [0.717, 1.165) is 116 Å². The fourth-order valence-corrected chi connectivity index (χ4v) is 8.49. The highest BCUT2D eigenvalue weighted by Crippen LogP contribution is 2.38. The molecule has 74 heavy (non-hydrogen) atoms. The molecule has 0 aromatic heterocycles. The second-order valence-corrected chi connectivity index (χ2v) is 22.0. The summed E-state index contributed by atoms with van der Waals surface area (Å²) in [5.41, 5.74) is 0. The van der Waals surface area contributed by atoms with Gasteiger partial charge >= 0.3 is 0 Å². The molecule has 9 heteroatoms. The van der Waals surface area contributed by atoms with Gasteiger partial charge in [0.2, 0.25) is 5.91 Å². The van der Waals surface area contributed by atoms with Gasteiger partial charge in [0.25, 0.3) is 7.82 Å². The Balaban J connectivity index is 4.28. The summed E-state index contributed by atoms with van der Waals surface area (Å²) in [5.74, 6) is -0.227. The zero-order valence-electron chi connectivity index (χ0n) is 48.0. The summed E-state index contributed by atoms with van der Waals surface area (Å²) < 4.78 is 23.3. The lowest BCUT2D eigenvalue weighted by Gasteiger charge is -2.29. The number of nitrogens with one attached hydrogen (secondary N) is 1. The third-order valence-corrected chi connectivity index (χ3v) is 13.3. The van der Waals surface area contributed by atoms with E-state index in [2.05, 4.69) is 141 Å². The summed E-state index contributed by atoms with van der Waals surface area (Å²) in [5, 5.41) is 13.9. The Morgan fingerprint density at radius 3 is 1.20 bits per heavy atom. The van der Waals surface area contributed by atoms with Crippen LogP contribution in [0.5, 0.6) is 0 Å². The molecule has 0 spiro atoms. The largest absolute Gasteiger partial charge is 0.756 e. The quantitative estimate of drug-likeness (QED) is 0.0272. The molecule has 0 saturated heterocycles. The summed E-state index contributed by atoms with van der Waals surface area (Å²) >= 11 is 0. The Kier molecular flexibility index (Phi) is 52.0. The molecular weight excluding hydrogens is 936 g/mol. The van der Waals surface area contributed by atoms with Crippen molar-refractivity contribution in [2.24, 2.45) is 0 Å². The molecule has 0 aliphatic carbocycles. The number of allylic oxidation sites excluding steroid dienone is 21. The molecule has 8 nitrogen and oxygen atoms in total. The number of quaternary nitrogens is 1. The average Bonchev–Trinajstić information content (AvgIpc) is 3.36. The van der Waals surface area contributed by atoms with Gasteiger partial charge in [0.1, 0.15) is 13.2 Å². The van der Waals surface area contributed by atoms with Crippen LogP contribution in [0.25, 0.3) is 0 Å². The first-order valence-electron chi connectivity index (χ1n) is 29.5. The molecule has 1 amide bonds. The molecule has 0 aromatic rings. The Hall–Kier alpha value is -3.36. The van der Waals surface area contributed by atoms with Crippen molar-refractivity contribution in [3.63, 3.8) is 0 Å². The third-order valence-electron chi connectivity index (χ3n) is 12.4. The number of aliphatic hydroxyl groups excluding tert-OH is 1. The number of phosphoric acid groups is 1. The van der Waals surface area contributed by atoms with E-state index in [0.29, 0.717) is 17.4 Å². The molecule has 0 rings (SSSR count). The van der Waals surface area contributed by atoms with Crippen LogP contribution in [-0.4, -0.2) is 68.5 Å². The Bertz CT molecular complexity index is 1660. The van der Waals surface area contributed by atoms with Gasteiger partial charge in [-0.05, 0) is 96.3 Å². The van der Waals surface area contributed by atoms with E-state index in [1.54, 1.807) is 6.08 Å². The van der Waals surface area contributed by atoms with E-state index in [4.69, 9.17) is 9.05 Å². The standard InChI is InChI=1S/C65H111N2O6P/c1-6-8-10-12-14-16-18-20-22-24-25-26-27-28-29-30-31-32-33-34-35-36-37-38-39-40-41-43-45-47-49-51-53-55-57-59-65(69)66-63(62-73-74(70,71)72-61-60-67(3,4)5)64(68)58-56-54-52-50-48-46-44-42-23-21-19-17-15-13-11-9-7-2/h8,10,14,16,20,22,25-26,28-29,31-32,34-35,37-38,40-41,45,47,56,58,63-64,68H,6-7,9,11-13,15,17-19,21,23-24,27,30,33,36,39,42-44,46,48-55,57,59-62H2,1-5H3,(H-,66,69,70,71)/b10-8-,16-14-,22-20-,26-25-,29-28-,32-31-,35-34-,38-37-,41-40-,47-45-,58-56+. The van der Waals surface area contributed by atoms with Crippen LogP contribution in [0.4, 0.5) is 0 Å². The van der Waals surface area contributed by atoms with E-state index in [9.17, 15) is 19.4 Å². The van der Waals surface area contributed by atoms with Crippen LogP contribution < -0.4 is 10.2 Å². The van der Waals surface area contributed by atoms with Gasteiger partial charge in [-0.3, -0.25) is 9.36 Å². The molecule has 0 aromatic carbocycles. The van der Waals surface area contributed by atoms with E-state index in [-0.39, 0.29) is 12.5 Å². The number of hydrogen-bond acceptors (Lipinski definition) is 6. The lowest BCUT2D eigenvalue weighted by atomic mass is 10.0. The van der Waals surface area contributed by atoms with Crippen LogP contribution in [0, 0.1) is 0 Å². The van der Waals surface area contributed by atoms with Crippen LogP contribution in [0.3, 0.4) is 0 Å². The van der Waals surface area contributed by atoms with Gasteiger partial charge in [0, 0.05) is 6.42 Å². The molecule has 0 heterocycles. The number of hydrogen-bond donors (Lipinski definition) is 2. The van der Waals surface area contributed by atoms with Crippen LogP contribution in [0.1, 0.15) is 219 Å². The van der Waals surface area contributed by atoms with E-state index < -0.39 is 26.6 Å². The fourth-order valence-electron chi connectivity index (χ4n) is 7.77. The highest BCUT2D eigenvalue weighted by Gasteiger charge is 2.23. The second-order valence-electron chi connectivity index (χ2n) is 20.6. The van der Waals surface area contributed by atoms with Crippen molar-refractivity contribution in [1.82, 2.24) is 5.32 Å². The molecule has 0 fully saturated rings. The number of carbonyl (C=O) groups excluding carboxylic acids is 1. The van der Waals surface area contributed by atoms with Crippen molar-refractivity contribution in [3.8, 4) is 0 Å². The number of likely N-dealkylation sites (N-methyl/N-ethyl adjacent to an activating group) is 1. The van der Waals surface area contributed by atoms with Crippen molar-refractivity contribution >= 4 is 13.7 Å². The molecule has 2 N–H and O–H groups in total. The minimum atomic E-state index is -4.61. The minimum absolute atomic E-state index is 0.0134. The van der Waals surface area contributed by atoms with Gasteiger partial charge in [-0.25, -0.2) is 0 Å². The van der Waals surface area contributed by atoms with Crippen LogP contribution in [0.2, 0.25) is 0 Å². The van der Waals surface area contributed by atoms with Crippen molar-refractivity contribution in [2.75, 3.05) is 40.9 Å². The van der Waals surface area contributed by atoms with Crippen molar-refractivity contribution < 1.29 is 32.9 Å². The lowest BCUT2D eigenvalue weighted by Crippen LogP contribution is -2.45. The molecule has 3 unspecified atom stereocenters. The van der Waals surface area contributed by atoms with Gasteiger partial charge in [0.15, 0.2) is 0 Å². The molecule has 422 valence electrons. The van der Waals surface area contributed by atoms with E-state index in [1.165, 1.54) is 83.5 Å². The number of unbranched alkanes of at least 4 members (excludes halogenated alkanes) is 19. The molecule has 0 aliphatic heterocycles. The predicted octanol–water partition coefficient (Wildman–Crippen LogP) is 17.7. The van der Waals surface area contributed by atoms with Gasteiger partial charge < -0.3 is 28.8 Å². The zero-order valence-corrected chi connectivity index (χ0v) is 48.9. The second kappa shape index (κ2) is 54.4. The highest BCUT2D eigenvalue weighted by atomic mass is 31.2. The maximum absolute atomic E-state index is 13.0. The number of nitrogens with zero attached hydrogens (tertiary/aromatic N) is 1. The van der Waals surface area contributed by atoms with Gasteiger partial charge in [0.05, 0.1) is 39.9 Å². The number of phosphoric ester groups is 1. The first-order chi connectivity index (χ1) is 36.0. The normalized spacial score (nSPS) is 14.9. The van der Waals surface area contributed by atoms with Crippen LogP contribution >= 0.6 is 7.82 Å². The monoisotopic (exact) mass is 1050 g/mol. The number of aliphatic hydroxyl groups is 1. The number of rotatable bonds is 52. The molecule has 0 aliphatic rings. The maximum Gasteiger partial charge on any atom is 0.268 e. The van der Waals surface area contributed by atoms with Crippen molar-refractivity contribution in [3.05, 3.63) is 134 Å². The summed E-state index contributed by atoms with van der Waals surface area (Å²) in [7, 11) is 1.22. The molecule has 0 radical (unpaired) electrons. The Morgan fingerprint density at radius 1 is 0.486 bits per heavy atom. The van der Waals surface area contributed by atoms with E-state index in [1.807, 2.05) is 27.2 Å². The minimum Gasteiger partial charge on any atom is -0.756 e. The summed E-state index contributed by atoms with van der Waals surface area (Å²) in [6.07, 6.45) is 82.4. The van der Waals surface area contributed by atoms with Gasteiger partial charge in [-0.15, -0.1) is 0 Å². The van der Waals surface area contributed by atoms with Crippen molar-refractivity contribution in [2.45, 2.75) is 231 Å². The van der Waals surface area contributed by atoms with Crippen LogP contribution in [-0.2, 0) is 18.4 Å². The topological polar surface area (TPSA) is 108 Å². The first kappa shape index (κ1) is 70.6. The molecule has 3 atom stereocenters. The predicted molar refractivity (Wildman–Crippen MR) is 320 cm³/mol. The summed E-state index contributed by atoms with van der Waals surface area (Å²) in [6, 6.07) is -0.911. The average molecular weight is 1050 g/mol. The van der Waals surface area contributed by atoms with Crippen LogP contribution in [0.15, 0.2) is 134 Å². The fraction of sp³-hybridized carbons (Fsp3) is 0.646. The smallest absolute Gasteiger partial charge is 0.268 e. The highest BCUT2D eigenvalue weighted by molar-refractivity contribution is 7.45. The third kappa shape index (κ3) is 56.4. The SMILES string of the molecule is CC/C=C\C/C=C\C/C=C\C/C=C\C/C=C\C/C=C\C/C=C\C/C=C\C/C=C\C/C=C\CCCCCCC(=O)NC(COP(=O)([O-])OCC[N+](C)(C)C)C(O)/C=C/CCCCCCCCCCCCCCCCC. The maximum atomic E-state index is 13.0. The Labute approximate surface area is 456 Å². The molecule has 0 saturated carbocycles. The van der Waals surface area contributed by atoms with Gasteiger partial charge in [-0.1, -0.05) is 250 Å². The summed E-state index contributed by atoms with van der Waals surface area (Å²) in [6.45, 7) is 4.50.